The zero-order valence-corrected chi connectivity index (χ0v) is 20.5. The predicted octanol–water partition coefficient (Wildman–Crippen LogP) is 10.5. The van der Waals surface area contributed by atoms with Gasteiger partial charge in [-0.15, -0.1) is 12.8 Å². The zero-order valence-electron chi connectivity index (χ0n) is 20.5. The highest BCUT2D eigenvalue weighted by molar-refractivity contribution is 5.07. The standard InChI is InChI=1S/C14H24.C4H10.3C2H6.C2H2.CH4/c1-4-5-6-7-8-14-10-9-12(2)13(3)11-14;1-3-4-2;4*1-2;/h5-6,9,13-14H,4,7-8,10-11H2,1-3H3;3-4H2,1-2H3;3*1-2H3;1-2H;1H4/b6-5-;;;;;;. The molecule has 0 fully saturated rings. The summed E-state index contributed by atoms with van der Waals surface area (Å²) in [6.07, 6.45) is 24.3. The van der Waals surface area contributed by atoms with Gasteiger partial charge < -0.3 is 0 Å². The molecule has 0 aliphatic heterocycles. The number of hydrogen-bond acceptors (Lipinski definition) is 0. The molecule has 1 aliphatic carbocycles. The van der Waals surface area contributed by atoms with Crippen LogP contribution in [0.3, 0.4) is 0 Å². The van der Waals surface area contributed by atoms with Gasteiger partial charge in [-0.05, 0) is 50.9 Å². The van der Waals surface area contributed by atoms with E-state index in [1.165, 1.54) is 44.9 Å². The van der Waals surface area contributed by atoms with Gasteiger partial charge in [0.2, 0.25) is 0 Å². The van der Waals surface area contributed by atoms with Crippen molar-refractivity contribution >= 4 is 0 Å². The maximum atomic E-state index is 4.00. The summed E-state index contributed by atoms with van der Waals surface area (Å²) in [6, 6.07) is 0. The first-order valence-electron chi connectivity index (χ1n) is 11.3. The number of allylic oxidation sites excluding steroid dienone is 4. The van der Waals surface area contributed by atoms with Crippen molar-refractivity contribution in [3.8, 4) is 12.8 Å². The molecule has 0 aromatic carbocycles. The molecule has 27 heavy (non-hydrogen) atoms. The lowest BCUT2D eigenvalue weighted by atomic mass is 9.81. The Morgan fingerprint density at radius 1 is 0.926 bits per heavy atom. The Morgan fingerprint density at radius 3 is 1.70 bits per heavy atom. The molecular formula is C27H58. The van der Waals surface area contributed by atoms with Gasteiger partial charge >= 0.3 is 0 Å². The molecule has 0 heterocycles. The van der Waals surface area contributed by atoms with E-state index in [0.717, 1.165) is 11.8 Å². The van der Waals surface area contributed by atoms with E-state index < -0.39 is 0 Å². The van der Waals surface area contributed by atoms with Gasteiger partial charge in [-0.2, -0.15) is 0 Å². The maximum Gasteiger partial charge on any atom is -0.0232 e. The van der Waals surface area contributed by atoms with Crippen LogP contribution in [0.4, 0.5) is 0 Å². The lowest BCUT2D eigenvalue weighted by molar-refractivity contribution is 0.380. The Bertz CT molecular complexity index is 265. The second-order valence-corrected chi connectivity index (χ2v) is 5.64. The number of terminal acetylenes is 1. The summed E-state index contributed by atoms with van der Waals surface area (Å²) in [5, 5.41) is 0. The van der Waals surface area contributed by atoms with Crippen LogP contribution >= 0.6 is 0 Å². The van der Waals surface area contributed by atoms with Crippen LogP contribution in [0, 0.1) is 24.7 Å². The Hall–Kier alpha value is -0.960. The second-order valence-electron chi connectivity index (χ2n) is 5.64. The van der Waals surface area contributed by atoms with E-state index in [-0.39, 0.29) is 7.43 Å². The van der Waals surface area contributed by atoms with E-state index >= 15 is 0 Å². The van der Waals surface area contributed by atoms with Crippen molar-refractivity contribution in [1.82, 2.24) is 0 Å². The number of unbranched alkanes of at least 4 members (excludes halogenated alkanes) is 1. The summed E-state index contributed by atoms with van der Waals surface area (Å²) in [5.74, 6) is 1.76. The van der Waals surface area contributed by atoms with Crippen LogP contribution in [0.5, 0.6) is 0 Å². The van der Waals surface area contributed by atoms with Gasteiger partial charge in [-0.1, -0.05) is 113 Å². The first-order valence-corrected chi connectivity index (χ1v) is 11.3. The van der Waals surface area contributed by atoms with Gasteiger partial charge in [0.15, 0.2) is 0 Å². The van der Waals surface area contributed by atoms with E-state index in [1.54, 1.807) is 5.57 Å². The fourth-order valence-electron chi connectivity index (χ4n) is 2.19. The van der Waals surface area contributed by atoms with Gasteiger partial charge in [0.1, 0.15) is 0 Å². The smallest absolute Gasteiger partial charge is 0.0232 e. The molecule has 0 amide bonds. The first-order chi connectivity index (χ1) is 12.7. The van der Waals surface area contributed by atoms with Crippen LogP contribution < -0.4 is 0 Å². The Balaban J connectivity index is -0.0000000718. The first kappa shape index (κ1) is 40.7. The molecule has 2 atom stereocenters. The van der Waals surface area contributed by atoms with E-state index in [0.29, 0.717) is 0 Å². The van der Waals surface area contributed by atoms with Crippen molar-refractivity contribution in [3.63, 3.8) is 0 Å². The molecule has 0 saturated heterocycles. The summed E-state index contributed by atoms with van der Waals surface area (Å²) in [6.45, 7) is 23.2. The van der Waals surface area contributed by atoms with E-state index in [1.807, 2.05) is 41.5 Å². The van der Waals surface area contributed by atoms with Crippen LogP contribution in [0.25, 0.3) is 0 Å². The molecule has 2 unspecified atom stereocenters. The van der Waals surface area contributed by atoms with E-state index in [9.17, 15) is 0 Å². The zero-order chi connectivity index (χ0) is 21.8. The number of hydrogen-bond donors (Lipinski definition) is 0. The van der Waals surface area contributed by atoms with Crippen molar-refractivity contribution in [2.45, 2.75) is 129 Å². The lowest BCUT2D eigenvalue weighted by Gasteiger charge is -2.25. The summed E-state index contributed by atoms with van der Waals surface area (Å²) in [7, 11) is 0. The fourth-order valence-corrected chi connectivity index (χ4v) is 2.19. The highest BCUT2D eigenvalue weighted by atomic mass is 14.2. The molecule has 1 aliphatic rings. The predicted molar refractivity (Wildman–Crippen MR) is 136 cm³/mol. The minimum absolute atomic E-state index is 0. The summed E-state index contributed by atoms with van der Waals surface area (Å²) in [4.78, 5) is 0. The third-order valence-electron chi connectivity index (χ3n) is 3.88. The Morgan fingerprint density at radius 2 is 1.37 bits per heavy atom. The van der Waals surface area contributed by atoms with Gasteiger partial charge in [0.25, 0.3) is 0 Å². The average molecular weight is 383 g/mol. The normalized spacial score (nSPS) is 16.4. The van der Waals surface area contributed by atoms with E-state index in [4.69, 9.17) is 0 Å². The lowest BCUT2D eigenvalue weighted by Crippen LogP contribution is -2.12. The highest BCUT2D eigenvalue weighted by Gasteiger charge is 2.17. The van der Waals surface area contributed by atoms with Crippen molar-refractivity contribution < 1.29 is 0 Å². The molecule has 0 heteroatoms. The molecule has 0 nitrogen and oxygen atoms in total. The molecular weight excluding hydrogens is 324 g/mol. The van der Waals surface area contributed by atoms with Crippen LogP contribution in [-0.2, 0) is 0 Å². The molecule has 0 bridgehead atoms. The van der Waals surface area contributed by atoms with Crippen LogP contribution in [0.15, 0.2) is 23.8 Å². The minimum Gasteiger partial charge on any atom is -0.124 e. The molecule has 166 valence electrons. The van der Waals surface area contributed by atoms with Gasteiger partial charge in [-0.3, -0.25) is 0 Å². The molecule has 0 spiro atoms. The number of rotatable bonds is 5. The summed E-state index contributed by atoms with van der Waals surface area (Å²) < 4.78 is 0. The molecule has 0 aromatic rings. The Kier molecular flexibility index (Phi) is 67.0. The third kappa shape index (κ3) is 36.7. The molecule has 0 N–H and O–H groups in total. The minimum atomic E-state index is 0. The van der Waals surface area contributed by atoms with Crippen molar-refractivity contribution in [2.75, 3.05) is 0 Å². The topological polar surface area (TPSA) is 0 Å². The van der Waals surface area contributed by atoms with Crippen LogP contribution in [0.2, 0.25) is 0 Å². The molecule has 0 saturated carbocycles. The monoisotopic (exact) mass is 382 g/mol. The third-order valence-corrected chi connectivity index (χ3v) is 3.88. The average Bonchev–Trinajstić information content (AvgIpc) is 2.74. The van der Waals surface area contributed by atoms with Gasteiger partial charge in [0, 0.05) is 0 Å². The van der Waals surface area contributed by atoms with Crippen LogP contribution in [-0.4, -0.2) is 0 Å². The van der Waals surface area contributed by atoms with Gasteiger partial charge in [0.05, 0.1) is 0 Å². The van der Waals surface area contributed by atoms with Crippen molar-refractivity contribution in [1.29, 1.82) is 0 Å². The largest absolute Gasteiger partial charge is 0.124 e. The molecule has 0 aromatic heterocycles. The SMILES string of the molecule is C.C#C.CC.CC.CC.CC/C=C\CCC1CC=C(C)C(C)C1.CCCC. The summed E-state index contributed by atoms with van der Waals surface area (Å²) >= 11 is 0. The highest BCUT2D eigenvalue weighted by Crippen LogP contribution is 2.31. The summed E-state index contributed by atoms with van der Waals surface area (Å²) in [5.41, 5.74) is 1.60. The van der Waals surface area contributed by atoms with Crippen molar-refractivity contribution in [2.24, 2.45) is 11.8 Å². The quantitative estimate of drug-likeness (QED) is 0.327. The van der Waals surface area contributed by atoms with Crippen LogP contribution in [0.1, 0.15) is 129 Å². The van der Waals surface area contributed by atoms with Gasteiger partial charge in [-0.25, -0.2) is 0 Å². The maximum absolute atomic E-state index is 4.00. The molecule has 0 radical (unpaired) electrons. The molecule has 1 rings (SSSR count). The Labute approximate surface area is 177 Å². The fraction of sp³-hybridized carbons (Fsp3) is 0.778. The van der Waals surface area contributed by atoms with Crippen molar-refractivity contribution in [3.05, 3.63) is 23.8 Å². The second kappa shape index (κ2) is 44.5. The van der Waals surface area contributed by atoms with E-state index in [2.05, 4.69) is 65.7 Å².